The molecule has 1 aromatic carbocycles. The molecule has 0 aromatic heterocycles. The molecule has 0 saturated heterocycles. The molecule has 4 nitrogen and oxygen atoms in total. The minimum Gasteiger partial charge on any atom is -0.409 e. The fourth-order valence-corrected chi connectivity index (χ4v) is 2.05. The van der Waals surface area contributed by atoms with Crippen LogP contribution >= 0.6 is 0 Å². The summed E-state index contributed by atoms with van der Waals surface area (Å²) in [6, 6.07) is 4.82. The molecule has 4 N–H and O–H groups in total. The van der Waals surface area contributed by atoms with E-state index in [2.05, 4.69) is 24.3 Å². The van der Waals surface area contributed by atoms with Crippen molar-refractivity contribution in [2.75, 3.05) is 0 Å². The lowest BCUT2D eigenvalue weighted by atomic mass is 10.1. The second kappa shape index (κ2) is 8.53. The van der Waals surface area contributed by atoms with Crippen LogP contribution in [0.1, 0.15) is 50.7 Å². The van der Waals surface area contributed by atoms with Crippen LogP contribution in [0.25, 0.3) is 0 Å². The maximum absolute atomic E-state index is 13.5. The average molecular weight is 281 g/mol. The van der Waals surface area contributed by atoms with Crippen LogP contribution in [0.5, 0.6) is 0 Å². The van der Waals surface area contributed by atoms with Gasteiger partial charge in [0.25, 0.3) is 0 Å². The van der Waals surface area contributed by atoms with Gasteiger partial charge < -0.3 is 16.3 Å². The number of nitrogens with zero attached hydrogens (tertiary/aromatic N) is 1. The quantitative estimate of drug-likeness (QED) is 0.225. The van der Waals surface area contributed by atoms with Gasteiger partial charge in [-0.2, -0.15) is 0 Å². The van der Waals surface area contributed by atoms with Crippen LogP contribution in [0.4, 0.5) is 4.39 Å². The smallest absolute Gasteiger partial charge is 0.170 e. The Balaban J connectivity index is 2.57. The molecule has 1 rings (SSSR count). The zero-order valence-electron chi connectivity index (χ0n) is 12.2. The van der Waals surface area contributed by atoms with Gasteiger partial charge in [-0.15, -0.1) is 0 Å². The number of nitrogens with two attached hydrogens (primary N) is 1. The molecule has 0 fully saturated rings. The van der Waals surface area contributed by atoms with Crippen molar-refractivity contribution in [3.63, 3.8) is 0 Å². The van der Waals surface area contributed by atoms with Crippen LogP contribution in [-0.2, 0) is 6.54 Å². The fraction of sp³-hybridized carbons (Fsp3) is 0.533. The number of hydrogen-bond donors (Lipinski definition) is 3. The first kappa shape index (κ1) is 16.4. The normalized spacial score (nSPS) is 13.4. The molecule has 0 heterocycles. The number of nitrogens with one attached hydrogen (secondary N) is 1. The van der Waals surface area contributed by atoms with Gasteiger partial charge in [0.15, 0.2) is 5.84 Å². The van der Waals surface area contributed by atoms with Crippen LogP contribution in [0.3, 0.4) is 0 Å². The van der Waals surface area contributed by atoms with Crippen molar-refractivity contribution >= 4 is 5.84 Å². The van der Waals surface area contributed by atoms with Crippen molar-refractivity contribution in [3.05, 3.63) is 35.1 Å². The summed E-state index contributed by atoms with van der Waals surface area (Å²) in [4.78, 5) is 0. The van der Waals surface area contributed by atoms with E-state index in [1.165, 1.54) is 31.4 Å². The molecule has 1 unspecified atom stereocenters. The van der Waals surface area contributed by atoms with E-state index in [4.69, 9.17) is 10.9 Å². The molecular formula is C15H24FN3O. The minimum atomic E-state index is -0.385. The highest BCUT2D eigenvalue weighted by Gasteiger charge is 2.06. The van der Waals surface area contributed by atoms with Gasteiger partial charge in [0.1, 0.15) is 5.82 Å². The average Bonchev–Trinajstić information content (AvgIpc) is 2.44. The van der Waals surface area contributed by atoms with E-state index in [9.17, 15) is 4.39 Å². The monoisotopic (exact) mass is 281 g/mol. The van der Waals surface area contributed by atoms with E-state index in [1.807, 2.05) is 0 Å². The first-order valence-corrected chi connectivity index (χ1v) is 7.07. The zero-order chi connectivity index (χ0) is 15.0. The number of hydrogen-bond acceptors (Lipinski definition) is 3. The van der Waals surface area contributed by atoms with Crippen LogP contribution in [-0.4, -0.2) is 17.1 Å². The lowest BCUT2D eigenvalue weighted by molar-refractivity contribution is 0.318. The number of benzene rings is 1. The number of rotatable bonds is 8. The van der Waals surface area contributed by atoms with E-state index in [0.717, 1.165) is 12.0 Å². The van der Waals surface area contributed by atoms with Crippen LogP contribution < -0.4 is 11.1 Å². The Bertz CT molecular complexity index is 449. The maximum atomic E-state index is 13.5. The molecule has 5 heteroatoms. The molecule has 0 aliphatic rings. The molecular weight excluding hydrogens is 257 g/mol. The van der Waals surface area contributed by atoms with Crippen molar-refractivity contribution < 1.29 is 9.60 Å². The third-order valence-corrected chi connectivity index (χ3v) is 3.26. The predicted molar refractivity (Wildman–Crippen MR) is 79.4 cm³/mol. The van der Waals surface area contributed by atoms with Crippen LogP contribution in [0.15, 0.2) is 23.4 Å². The Morgan fingerprint density at radius 3 is 2.80 bits per heavy atom. The summed E-state index contributed by atoms with van der Waals surface area (Å²) in [7, 11) is 0. The predicted octanol–water partition coefficient (Wildman–Crippen LogP) is 2.98. The number of oxime groups is 1. The van der Waals surface area contributed by atoms with E-state index < -0.39 is 0 Å². The second-order valence-electron chi connectivity index (χ2n) is 5.11. The SMILES string of the molecule is CCCCCC(C)NCc1cc(F)cc(/C(N)=N/O)c1. The van der Waals surface area contributed by atoms with Crippen molar-refractivity contribution in [3.8, 4) is 0 Å². The molecule has 0 bridgehead atoms. The largest absolute Gasteiger partial charge is 0.409 e. The highest BCUT2D eigenvalue weighted by atomic mass is 19.1. The molecule has 0 amide bonds. The van der Waals surface area contributed by atoms with Gasteiger partial charge in [0.05, 0.1) is 0 Å². The van der Waals surface area contributed by atoms with E-state index in [0.29, 0.717) is 18.2 Å². The highest BCUT2D eigenvalue weighted by molar-refractivity contribution is 5.97. The standard InChI is InChI=1S/C15H24FN3O/c1-3-4-5-6-11(2)18-10-12-7-13(15(17)19-20)9-14(16)8-12/h7-9,11,18,20H,3-6,10H2,1-2H3,(H2,17,19). The number of unbranched alkanes of at least 4 members (excludes halogenated alkanes) is 2. The summed E-state index contributed by atoms with van der Waals surface area (Å²) >= 11 is 0. The van der Waals surface area contributed by atoms with Gasteiger partial charge in [-0.1, -0.05) is 31.3 Å². The summed E-state index contributed by atoms with van der Waals surface area (Å²) in [5.74, 6) is -0.466. The molecule has 112 valence electrons. The van der Waals surface area contributed by atoms with Crippen molar-refractivity contribution in [2.24, 2.45) is 10.9 Å². The Kier molecular flexibility index (Phi) is 7.01. The van der Waals surface area contributed by atoms with E-state index in [-0.39, 0.29) is 11.7 Å². The third kappa shape index (κ3) is 5.57. The molecule has 0 saturated carbocycles. The molecule has 1 aromatic rings. The number of amidine groups is 1. The van der Waals surface area contributed by atoms with Gasteiger partial charge in [0, 0.05) is 18.2 Å². The Morgan fingerprint density at radius 1 is 1.40 bits per heavy atom. The first-order valence-electron chi connectivity index (χ1n) is 7.07. The van der Waals surface area contributed by atoms with Gasteiger partial charge in [-0.05, 0) is 37.1 Å². The maximum Gasteiger partial charge on any atom is 0.170 e. The molecule has 0 radical (unpaired) electrons. The van der Waals surface area contributed by atoms with Gasteiger partial charge in [-0.3, -0.25) is 0 Å². The third-order valence-electron chi connectivity index (χ3n) is 3.26. The minimum absolute atomic E-state index is 0.0817. The molecule has 1 atom stereocenters. The fourth-order valence-electron chi connectivity index (χ4n) is 2.05. The van der Waals surface area contributed by atoms with E-state index in [1.54, 1.807) is 6.07 Å². The summed E-state index contributed by atoms with van der Waals surface area (Å²) in [6.45, 7) is 4.87. The van der Waals surface area contributed by atoms with Gasteiger partial charge >= 0.3 is 0 Å². The first-order chi connectivity index (χ1) is 9.56. The van der Waals surface area contributed by atoms with Crippen molar-refractivity contribution in [1.82, 2.24) is 5.32 Å². The van der Waals surface area contributed by atoms with E-state index >= 15 is 0 Å². The van der Waals surface area contributed by atoms with Crippen LogP contribution in [0.2, 0.25) is 0 Å². The summed E-state index contributed by atoms with van der Waals surface area (Å²) in [5.41, 5.74) is 6.66. The van der Waals surface area contributed by atoms with Crippen molar-refractivity contribution in [2.45, 2.75) is 52.1 Å². The second-order valence-corrected chi connectivity index (χ2v) is 5.11. The summed E-state index contributed by atoms with van der Waals surface area (Å²) in [6.07, 6.45) is 4.75. The summed E-state index contributed by atoms with van der Waals surface area (Å²) < 4.78 is 13.5. The Hall–Kier alpha value is -1.62. The van der Waals surface area contributed by atoms with Gasteiger partial charge in [0.2, 0.25) is 0 Å². The molecule has 0 aliphatic heterocycles. The highest BCUT2D eigenvalue weighted by Crippen LogP contribution is 2.10. The molecule has 20 heavy (non-hydrogen) atoms. The lowest BCUT2D eigenvalue weighted by Crippen LogP contribution is -2.25. The number of halogens is 1. The van der Waals surface area contributed by atoms with Crippen molar-refractivity contribution in [1.29, 1.82) is 0 Å². The topological polar surface area (TPSA) is 70.6 Å². The molecule has 0 spiro atoms. The van der Waals surface area contributed by atoms with Crippen LogP contribution in [0, 0.1) is 5.82 Å². The molecule has 0 aliphatic carbocycles. The van der Waals surface area contributed by atoms with Gasteiger partial charge in [-0.25, -0.2) is 4.39 Å². The Morgan fingerprint density at radius 2 is 2.15 bits per heavy atom. The zero-order valence-corrected chi connectivity index (χ0v) is 12.2. The lowest BCUT2D eigenvalue weighted by Gasteiger charge is -2.14. The Labute approximate surface area is 119 Å². The summed E-state index contributed by atoms with van der Waals surface area (Å²) in [5, 5.41) is 14.9.